The van der Waals surface area contributed by atoms with Crippen molar-refractivity contribution < 1.29 is 4.79 Å². The van der Waals surface area contributed by atoms with Gasteiger partial charge in [-0.1, -0.05) is 29.8 Å². The zero-order valence-electron chi connectivity index (χ0n) is 14.9. The van der Waals surface area contributed by atoms with Crippen LogP contribution in [0.5, 0.6) is 0 Å². The summed E-state index contributed by atoms with van der Waals surface area (Å²) in [6, 6.07) is 12.1. The number of hydrogen-bond acceptors (Lipinski definition) is 5. The van der Waals surface area contributed by atoms with Crippen LogP contribution in [0.4, 0.5) is 11.5 Å². The Bertz CT molecular complexity index is 1120. The summed E-state index contributed by atoms with van der Waals surface area (Å²) in [5, 5.41) is 4.69. The van der Waals surface area contributed by atoms with Gasteiger partial charge in [0.05, 0.1) is 11.1 Å². The Morgan fingerprint density at radius 1 is 1.14 bits per heavy atom. The van der Waals surface area contributed by atoms with Crippen molar-refractivity contribution in [3.05, 3.63) is 77.3 Å². The van der Waals surface area contributed by atoms with Crippen LogP contribution >= 0.6 is 23.1 Å². The number of hydrogen-bond donors (Lipinski definition) is 1. The molecule has 0 aliphatic carbocycles. The molecule has 7 heteroatoms. The zero-order chi connectivity index (χ0) is 19.1. The van der Waals surface area contributed by atoms with Crippen molar-refractivity contribution in [1.82, 2.24) is 9.27 Å². The third kappa shape index (κ3) is 3.15. The van der Waals surface area contributed by atoms with Crippen LogP contribution < -0.4 is 10.2 Å². The summed E-state index contributed by atoms with van der Waals surface area (Å²) in [5.41, 5.74) is 2.92. The van der Waals surface area contributed by atoms with E-state index in [0.717, 1.165) is 41.0 Å². The van der Waals surface area contributed by atoms with E-state index < -0.39 is 0 Å². The molecule has 0 saturated carbocycles. The SMILES string of the molecule is O=C1Cc2cc(CCN3C=CN(c4nsc5ccccc45)C=C3)c(Cl)cc2N1. The number of carbonyl (C=O) groups excluding carboxylic acids is 1. The first-order valence-corrected chi connectivity index (χ1v) is 10.2. The number of rotatable bonds is 4. The minimum absolute atomic E-state index is 0.0276. The first-order valence-electron chi connectivity index (χ1n) is 9.04. The lowest BCUT2D eigenvalue weighted by Crippen LogP contribution is -2.21. The standard InChI is InChI=1S/C21H17ClN4OS/c22-17-13-18-15(12-20(27)23-18)11-14(17)5-6-25-7-9-26(10-8-25)21-16-3-1-2-4-19(16)28-24-21/h1-4,7-11,13H,5-6,12H2,(H,23,27). The summed E-state index contributed by atoms with van der Waals surface area (Å²) >= 11 is 7.91. The van der Waals surface area contributed by atoms with Crippen molar-refractivity contribution >= 4 is 50.6 Å². The Labute approximate surface area is 171 Å². The van der Waals surface area contributed by atoms with Gasteiger partial charge < -0.3 is 15.1 Å². The number of nitrogens with zero attached hydrogens (tertiary/aromatic N) is 3. The van der Waals surface area contributed by atoms with E-state index in [4.69, 9.17) is 11.6 Å². The fourth-order valence-corrected chi connectivity index (χ4v) is 4.54. The molecule has 5 nitrogen and oxygen atoms in total. The van der Waals surface area contributed by atoms with Crippen LogP contribution in [-0.4, -0.2) is 21.7 Å². The molecule has 2 aliphatic rings. The molecule has 140 valence electrons. The van der Waals surface area contributed by atoms with Gasteiger partial charge in [0.15, 0.2) is 5.82 Å². The maximum Gasteiger partial charge on any atom is 0.228 e. The smallest absolute Gasteiger partial charge is 0.228 e. The van der Waals surface area contributed by atoms with Crippen molar-refractivity contribution in [2.45, 2.75) is 12.8 Å². The summed E-state index contributed by atoms with van der Waals surface area (Å²) < 4.78 is 5.77. The Morgan fingerprint density at radius 2 is 1.96 bits per heavy atom. The molecule has 0 saturated heterocycles. The number of fused-ring (bicyclic) bond motifs is 2. The Hall–Kier alpha value is -2.83. The minimum atomic E-state index is 0.0276. The predicted octanol–water partition coefficient (Wildman–Crippen LogP) is 4.75. The third-order valence-electron chi connectivity index (χ3n) is 4.98. The normalized spacial score (nSPS) is 15.4. The number of aromatic nitrogens is 1. The van der Waals surface area contributed by atoms with Crippen LogP contribution in [0.1, 0.15) is 11.1 Å². The summed E-state index contributed by atoms with van der Waals surface area (Å²) in [7, 11) is 0. The molecule has 1 aromatic heterocycles. The molecule has 5 rings (SSSR count). The summed E-state index contributed by atoms with van der Waals surface area (Å²) in [5.74, 6) is 0.978. The van der Waals surface area contributed by atoms with Crippen molar-refractivity contribution in [2.75, 3.05) is 16.8 Å². The largest absolute Gasteiger partial charge is 0.351 e. The van der Waals surface area contributed by atoms with Crippen molar-refractivity contribution in [3.8, 4) is 0 Å². The highest BCUT2D eigenvalue weighted by Gasteiger charge is 2.20. The monoisotopic (exact) mass is 408 g/mol. The first kappa shape index (κ1) is 17.3. The summed E-state index contributed by atoms with van der Waals surface area (Å²) in [6.07, 6.45) is 9.36. The highest BCUT2D eigenvalue weighted by molar-refractivity contribution is 7.13. The van der Waals surface area contributed by atoms with Gasteiger partial charge in [-0.15, -0.1) is 0 Å². The number of anilines is 2. The quantitative estimate of drug-likeness (QED) is 0.676. The van der Waals surface area contributed by atoms with Gasteiger partial charge in [-0.25, -0.2) is 0 Å². The fraction of sp³-hybridized carbons (Fsp3) is 0.143. The third-order valence-corrected chi connectivity index (χ3v) is 6.15. The lowest BCUT2D eigenvalue weighted by molar-refractivity contribution is -0.115. The molecule has 2 aromatic carbocycles. The van der Waals surface area contributed by atoms with Crippen LogP contribution in [0.3, 0.4) is 0 Å². The summed E-state index contributed by atoms with van der Waals surface area (Å²) in [6.45, 7) is 0.804. The molecule has 3 heterocycles. The maximum atomic E-state index is 11.5. The van der Waals surface area contributed by atoms with E-state index in [9.17, 15) is 4.79 Å². The molecule has 0 bridgehead atoms. The van der Waals surface area contributed by atoms with Crippen LogP contribution in [-0.2, 0) is 17.6 Å². The number of halogens is 1. The Kier molecular flexibility index (Phi) is 4.30. The molecule has 0 spiro atoms. The van der Waals surface area contributed by atoms with E-state index in [1.807, 2.05) is 54.0 Å². The summed E-state index contributed by atoms with van der Waals surface area (Å²) in [4.78, 5) is 15.7. The second-order valence-electron chi connectivity index (χ2n) is 6.82. The van der Waals surface area contributed by atoms with Crippen molar-refractivity contribution in [3.63, 3.8) is 0 Å². The fourth-order valence-electron chi connectivity index (χ4n) is 3.50. The van der Waals surface area contributed by atoms with Gasteiger partial charge in [0.1, 0.15) is 0 Å². The molecule has 3 aromatic rings. The molecule has 0 radical (unpaired) electrons. The average molecular weight is 409 g/mol. The minimum Gasteiger partial charge on any atom is -0.351 e. The molecule has 2 aliphatic heterocycles. The van der Waals surface area contributed by atoms with Crippen molar-refractivity contribution in [1.29, 1.82) is 0 Å². The van der Waals surface area contributed by atoms with Gasteiger partial charge in [0, 0.05) is 47.4 Å². The molecule has 28 heavy (non-hydrogen) atoms. The van der Waals surface area contributed by atoms with E-state index in [0.29, 0.717) is 11.4 Å². The number of nitrogens with one attached hydrogen (secondary N) is 1. The van der Waals surface area contributed by atoms with Gasteiger partial charge in [0.2, 0.25) is 5.91 Å². The number of amides is 1. The molecule has 0 fully saturated rings. The molecule has 0 unspecified atom stereocenters. The van der Waals surface area contributed by atoms with Crippen molar-refractivity contribution in [2.24, 2.45) is 0 Å². The average Bonchev–Trinajstić information content (AvgIpc) is 3.29. The van der Waals surface area contributed by atoms with Crippen LogP contribution in [0, 0.1) is 0 Å². The molecular weight excluding hydrogens is 392 g/mol. The predicted molar refractivity (Wildman–Crippen MR) is 115 cm³/mol. The topological polar surface area (TPSA) is 48.5 Å². The Morgan fingerprint density at radius 3 is 2.82 bits per heavy atom. The molecule has 0 atom stereocenters. The van der Waals surface area contributed by atoms with Crippen LogP contribution in [0.2, 0.25) is 5.02 Å². The Balaban J connectivity index is 1.27. The number of carbonyl (C=O) groups is 1. The molecular formula is C21H17ClN4OS. The lowest BCUT2D eigenvalue weighted by atomic mass is 10.1. The first-order chi connectivity index (χ1) is 13.7. The molecule has 1 amide bonds. The maximum absolute atomic E-state index is 11.5. The zero-order valence-corrected chi connectivity index (χ0v) is 16.5. The van der Waals surface area contributed by atoms with Gasteiger partial charge in [-0.05, 0) is 47.3 Å². The van der Waals surface area contributed by atoms with Crippen LogP contribution in [0.25, 0.3) is 10.1 Å². The lowest BCUT2D eigenvalue weighted by Gasteiger charge is -2.24. The van der Waals surface area contributed by atoms with Crippen LogP contribution in [0.15, 0.2) is 61.2 Å². The van der Waals surface area contributed by atoms with E-state index in [2.05, 4.69) is 26.7 Å². The number of benzene rings is 2. The van der Waals surface area contributed by atoms with Gasteiger partial charge in [0.25, 0.3) is 0 Å². The van der Waals surface area contributed by atoms with E-state index in [-0.39, 0.29) is 5.91 Å². The molecule has 1 N–H and O–H groups in total. The second-order valence-corrected chi connectivity index (χ2v) is 8.03. The van der Waals surface area contributed by atoms with E-state index >= 15 is 0 Å². The van der Waals surface area contributed by atoms with Gasteiger partial charge >= 0.3 is 0 Å². The van der Waals surface area contributed by atoms with Gasteiger partial charge in [-0.3, -0.25) is 4.79 Å². The highest BCUT2D eigenvalue weighted by atomic mass is 35.5. The van der Waals surface area contributed by atoms with E-state index in [1.165, 1.54) is 16.2 Å². The highest BCUT2D eigenvalue weighted by Crippen LogP contribution is 2.32. The van der Waals surface area contributed by atoms with Gasteiger partial charge in [-0.2, -0.15) is 4.37 Å². The van der Waals surface area contributed by atoms with E-state index in [1.54, 1.807) is 0 Å². The second kappa shape index (κ2) is 6.96.